The van der Waals surface area contributed by atoms with Crippen molar-refractivity contribution in [2.24, 2.45) is 11.0 Å². The van der Waals surface area contributed by atoms with E-state index in [0.717, 1.165) is 29.8 Å². The van der Waals surface area contributed by atoms with Crippen molar-refractivity contribution in [3.63, 3.8) is 0 Å². The Labute approximate surface area is 124 Å². The first-order chi connectivity index (χ1) is 9.67. The zero-order chi connectivity index (χ0) is 14.5. The van der Waals surface area contributed by atoms with Gasteiger partial charge in [0.05, 0.1) is 0 Å². The van der Waals surface area contributed by atoms with Gasteiger partial charge in [0, 0.05) is 11.8 Å². The average molecular weight is 288 g/mol. The average Bonchev–Trinajstić information content (AvgIpc) is 2.82. The van der Waals surface area contributed by atoms with Crippen LogP contribution in [0, 0.1) is 17.6 Å². The van der Waals surface area contributed by atoms with Gasteiger partial charge in [0.2, 0.25) is 4.77 Å². The van der Waals surface area contributed by atoms with E-state index in [9.17, 15) is 0 Å². The summed E-state index contributed by atoms with van der Waals surface area (Å²) in [6.45, 7) is 6.39. The molecule has 0 spiro atoms. The van der Waals surface area contributed by atoms with Crippen LogP contribution in [0.3, 0.4) is 0 Å². The lowest BCUT2D eigenvalue weighted by atomic mass is 10.1. The van der Waals surface area contributed by atoms with E-state index in [1.54, 1.807) is 4.68 Å². The molecule has 0 unspecified atom stereocenters. The molecule has 1 N–H and O–H groups in total. The van der Waals surface area contributed by atoms with Crippen molar-refractivity contribution in [1.29, 1.82) is 0 Å². The van der Waals surface area contributed by atoms with Crippen molar-refractivity contribution in [2.45, 2.75) is 33.6 Å². The summed E-state index contributed by atoms with van der Waals surface area (Å²) in [6, 6.07) is 8.10. The first-order valence-electron chi connectivity index (χ1n) is 6.95. The number of nitrogens with one attached hydrogen (secondary N) is 1. The van der Waals surface area contributed by atoms with Crippen molar-refractivity contribution < 1.29 is 0 Å². The van der Waals surface area contributed by atoms with E-state index in [0.29, 0.717) is 10.7 Å². The number of hydrogen-bond donors (Lipinski definition) is 1. The van der Waals surface area contributed by atoms with Crippen LogP contribution in [0.25, 0.3) is 11.4 Å². The fourth-order valence-corrected chi connectivity index (χ4v) is 2.24. The molecule has 1 heterocycles. The van der Waals surface area contributed by atoms with Crippen LogP contribution in [0.2, 0.25) is 0 Å². The number of benzene rings is 1. The molecule has 4 nitrogen and oxygen atoms in total. The van der Waals surface area contributed by atoms with Crippen molar-refractivity contribution in [2.75, 3.05) is 0 Å². The zero-order valence-corrected chi connectivity index (χ0v) is 12.9. The Balaban J connectivity index is 2.43. The van der Waals surface area contributed by atoms with Crippen LogP contribution in [-0.4, -0.2) is 21.1 Å². The van der Waals surface area contributed by atoms with Gasteiger partial charge >= 0.3 is 0 Å². The largest absolute Gasteiger partial charge is 0.250 e. The molecule has 1 aromatic carbocycles. The molecule has 20 heavy (non-hydrogen) atoms. The second-order valence-corrected chi connectivity index (χ2v) is 5.21. The highest BCUT2D eigenvalue weighted by Gasteiger charge is 2.10. The highest BCUT2D eigenvalue weighted by Crippen LogP contribution is 2.21. The quantitative estimate of drug-likeness (QED) is 0.662. The Morgan fingerprint density at radius 2 is 2.05 bits per heavy atom. The lowest BCUT2D eigenvalue weighted by Crippen LogP contribution is -2.02. The van der Waals surface area contributed by atoms with E-state index >= 15 is 0 Å². The van der Waals surface area contributed by atoms with Crippen LogP contribution in [0.1, 0.15) is 32.3 Å². The summed E-state index contributed by atoms with van der Waals surface area (Å²) in [6.07, 6.45) is 4.11. The fourth-order valence-electron chi connectivity index (χ4n) is 2.06. The smallest absolute Gasteiger partial charge is 0.216 e. The third kappa shape index (κ3) is 3.04. The van der Waals surface area contributed by atoms with Crippen molar-refractivity contribution in [3.8, 4) is 11.4 Å². The van der Waals surface area contributed by atoms with Gasteiger partial charge in [-0.3, -0.25) is 0 Å². The van der Waals surface area contributed by atoms with Crippen LogP contribution in [0.15, 0.2) is 29.4 Å². The highest BCUT2D eigenvalue weighted by atomic mass is 32.1. The van der Waals surface area contributed by atoms with Gasteiger partial charge in [-0.25, -0.2) is 5.10 Å². The van der Waals surface area contributed by atoms with Gasteiger partial charge < -0.3 is 0 Å². The molecule has 2 aromatic rings. The maximum Gasteiger partial charge on any atom is 0.216 e. The Hall–Kier alpha value is -1.75. The van der Waals surface area contributed by atoms with E-state index in [1.807, 2.05) is 24.4 Å². The molecular weight excluding hydrogens is 268 g/mol. The summed E-state index contributed by atoms with van der Waals surface area (Å²) < 4.78 is 2.22. The monoisotopic (exact) mass is 288 g/mol. The first-order valence-corrected chi connectivity index (χ1v) is 7.36. The molecule has 0 radical (unpaired) electrons. The Bertz CT molecular complexity index is 650. The van der Waals surface area contributed by atoms with E-state index < -0.39 is 0 Å². The van der Waals surface area contributed by atoms with Crippen LogP contribution in [0.4, 0.5) is 0 Å². The SMILES string of the molecule is CCC(/C=N/n1c(-c2ccccc2C)n[nH]c1=S)CC. The van der Waals surface area contributed by atoms with Gasteiger partial charge in [0.1, 0.15) is 0 Å². The summed E-state index contributed by atoms with van der Waals surface area (Å²) >= 11 is 5.27. The lowest BCUT2D eigenvalue weighted by molar-refractivity contribution is 0.647. The van der Waals surface area contributed by atoms with Crippen LogP contribution in [0.5, 0.6) is 0 Å². The summed E-state index contributed by atoms with van der Waals surface area (Å²) in [7, 11) is 0. The summed E-state index contributed by atoms with van der Waals surface area (Å²) in [5, 5.41) is 11.7. The number of aromatic amines is 1. The number of H-pyrrole nitrogens is 1. The second-order valence-electron chi connectivity index (χ2n) is 4.82. The number of aromatic nitrogens is 3. The molecule has 1 aromatic heterocycles. The minimum atomic E-state index is 0.469. The standard InChI is InChI=1S/C15H20N4S/c1-4-12(5-2)10-16-19-14(17-18-15(19)20)13-9-7-6-8-11(13)3/h6-10,12H,4-5H2,1-3H3,(H,18,20)/b16-10+. The van der Waals surface area contributed by atoms with E-state index in [2.05, 4.69) is 42.1 Å². The Kier molecular flexibility index (Phi) is 4.84. The maximum absolute atomic E-state index is 5.27. The van der Waals surface area contributed by atoms with Gasteiger partial charge in [-0.05, 0) is 43.5 Å². The number of aryl methyl sites for hydroxylation is 1. The predicted octanol–water partition coefficient (Wildman–Crippen LogP) is 4.19. The van der Waals surface area contributed by atoms with Gasteiger partial charge in [-0.2, -0.15) is 14.9 Å². The number of nitrogens with zero attached hydrogens (tertiary/aromatic N) is 3. The molecular formula is C15H20N4S. The van der Waals surface area contributed by atoms with Gasteiger partial charge in [0.25, 0.3) is 0 Å². The molecule has 0 amide bonds. The maximum atomic E-state index is 5.27. The molecule has 0 saturated carbocycles. The topological polar surface area (TPSA) is 46.0 Å². The summed E-state index contributed by atoms with van der Waals surface area (Å²) in [5.74, 6) is 1.23. The lowest BCUT2D eigenvalue weighted by Gasteiger charge is -2.06. The number of hydrogen-bond acceptors (Lipinski definition) is 3. The van der Waals surface area contributed by atoms with Crippen LogP contribution >= 0.6 is 12.2 Å². The number of rotatable bonds is 5. The van der Waals surface area contributed by atoms with Crippen molar-refractivity contribution in [1.82, 2.24) is 14.9 Å². The minimum absolute atomic E-state index is 0.469. The molecule has 5 heteroatoms. The Morgan fingerprint density at radius 1 is 1.35 bits per heavy atom. The zero-order valence-electron chi connectivity index (χ0n) is 12.1. The molecule has 0 atom stereocenters. The molecule has 0 saturated heterocycles. The highest BCUT2D eigenvalue weighted by molar-refractivity contribution is 7.71. The molecule has 0 aliphatic heterocycles. The van der Waals surface area contributed by atoms with E-state index in [-0.39, 0.29) is 0 Å². The van der Waals surface area contributed by atoms with Gasteiger partial charge in [-0.1, -0.05) is 38.1 Å². The predicted molar refractivity (Wildman–Crippen MR) is 85.5 cm³/mol. The van der Waals surface area contributed by atoms with E-state index in [4.69, 9.17) is 12.2 Å². The molecule has 2 rings (SSSR count). The second kappa shape index (κ2) is 6.61. The Morgan fingerprint density at radius 3 is 2.70 bits per heavy atom. The van der Waals surface area contributed by atoms with Crippen molar-refractivity contribution in [3.05, 3.63) is 34.6 Å². The van der Waals surface area contributed by atoms with E-state index in [1.165, 1.54) is 0 Å². The minimum Gasteiger partial charge on any atom is -0.250 e. The molecule has 0 bridgehead atoms. The first kappa shape index (κ1) is 14.7. The third-order valence-electron chi connectivity index (χ3n) is 3.48. The van der Waals surface area contributed by atoms with Crippen LogP contribution in [-0.2, 0) is 0 Å². The van der Waals surface area contributed by atoms with Gasteiger partial charge in [-0.15, -0.1) is 0 Å². The fraction of sp³-hybridized carbons (Fsp3) is 0.400. The molecule has 0 aliphatic rings. The third-order valence-corrected chi connectivity index (χ3v) is 3.74. The normalized spacial score (nSPS) is 11.6. The molecule has 0 aliphatic carbocycles. The summed E-state index contributed by atoms with van der Waals surface area (Å²) in [5.41, 5.74) is 2.20. The molecule has 0 fully saturated rings. The van der Waals surface area contributed by atoms with Gasteiger partial charge in [0.15, 0.2) is 5.82 Å². The molecule has 106 valence electrons. The van der Waals surface area contributed by atoms with Crippen molar-refractivity contribution >= 4 is 18.4 Å². The van der Waals surface area contributed by atoms with Crippen LogP contribution < -0.4 is 0 Å². The summed E-state index contributed by atoms with van der Waals surface area (Å²) in [4.78, 5) is 0.